The smallest absolute Gasteiger partial charge is 0.230 e. The SMILES string of the molecule is CCC(CC)NC(=O)CSc1ccc(C)cc1. The molecule has 0 radical (unpaired) electrons. The number of rotatable bonds is 6. The highest BCUT2D eigenvalue weighted by atomic mass is 32.2. The fourth-order valence-electron chi connectivity index (χ4n) is 1.55. The van der Waals surface area contributed by atoms with Gasteiger partial charge in [0.05, 0.1) is 5.75 Å². The Balaban J connectivity index is 2.35. The highest BCUT2D eigenvalue weighted by Gasteiger charge is 2.08. The second kappa shape index (κ2) is 7.38. The third-order valence-corrected chi connectivity index (χ3v) is 3.75. The van der Waals surface area contributed by atoms with Crippen LogP contribution in [0.5, 0.6) is 0 Å². The number of hydrogen-bond donors (Lipinski definition) is 1. The molecular formula is C14H21NOS. The summed E-state index contributed by atoms with van der Waals surface area (Å²) >= 11 is 1.59. The van der Waals surface area contributed by atoms with Gasteiger partial charge in [-0.3, -0.25) is 4.79 Å². The van der Waals surface area contributed by atoms with E-state index in [0.29, 0.717) is 11.8 Å². The van der Waals surface area contributed by atoms with Crippen molar-refractivity contribution in [2.75, 3.05) is 5.75 Å². The topological polar surface area (TPSA) is 29.1 Å². The van der Waals surface area contributed by atoms with Crippen molar-refractivity contribution in [2.45, 2.75) is 44.6 Å². The standard InChI is InChI=1S/C14H21NOS/c1-4-12(5-2)15-14(16)10-17-13-8-6-11(3)7-9-13/h6-9,12H,4-5,10H2,1-3H3,(H,15,16). The molecule has 1 rings (SSSR count). The van der Waals surface area contributed by atoms with Crippen LogP contribution >= 0.6 is 11.8 Å². The van der Waals surface area contributed by atoms with Crippen molar-refractivity contribution >= 4 is 17.7 Å². The molecular weight excluding hydrogens is 230 g/mol. The van der Waals surface area contributed by atoms with Gasteiger partial charge >= 0.3 is 0 Å². The van der Waals surface area contributed by atoms with Crippen LogP contribution in [0.1, 0.15) is 32.3 Å². The molecule has 0 aliphatic carbocycles. The van der Waals surface area contributed by atoms with E-state index in [1.807, 2.05) is 0 Å². The third-order valence-electron chi connectivity index (χ3n) is 2.74. The normalized spacial score (nSPS) is 10.6. The largest absolute Gasteiger partial charge is 0.353 e. The number of nitrogens with one attached hydrogen (secondary N) is 1. The molecule has 0 aliphatic rings. The summed E-state index contributed by atoms with van der Waals surface area (Å²) in [5.74, 6) is 0.629. The van der Waals surface area contributed by atoms with E-state index in [2.05, 4.69) is 50.4 Å². The molecule has 0 saturated heterocycles. The summed E-state index contributed by atoms with van der Waals surface area (Å²) in [6.45, 7) is 6.26. The fourth-order valence-corrected chi connectivity index (χ4v) is 2.26. The summed E-state index contributed by atoms with van der Waals surface area (Å²) in [7, 11) is 0. The van der Waals surface area contributed by atoms with Crippen LogP contribution in [-0.2, 0) is 4.79 Å². The van der Waals surface area contributed by atoms with Crippen LogP contribution in [0.25, 0.3) is 0 Å². The van der Waals surface area contributed by atoms with E-state index < -0.39 is 0 Å². The molecule has 0 fully saturated rings. The summed E-state index contributed by atoms with van der Waals surface area (Å²) in [4.78, 5) is 12.8. The van der Waals surface area contributed by atoms with Gasteiger partial charge < -0.3 is 5.32 Å². The van der Waals surface area contributed by atoms with Crippen LogP contribution in [-0.4, -0.2) is 17.7 Å². The minimum atomic E-state index is 0.129. The van der Waals surface area contributed by atoms with Crippen molar-refractivity contribution in [1.29, 1.82) is 0 Å². The predicted octanol–water partition coefficient (Wildman–Crippen LogP) is 3.39. The molecule has 1 aromatic carbocycles. The van der Waals surface area contributed by atoms with Crippen molar-refractivity contribution in [3.05, 3.63) is 29.8 Å². The maximum atomic E-state index is 11.7. The van der Waals surface area contributed by atoms with Gasteiger partial charge in [0.1, 0.15) is 0 Å². The van der Waals surface area contributed by atoms with Crippen LogP contribution in [0, 0.1) is 6.92 Å². The number of aryl methyl sites for hydroxylation is 1. The quantitative estimate of drug-likeness (QED) is 0.785. The van der Waals surface area contributed by atoms with E-state index in [0.717, 1.165) is 17.7 Å². The first-order chi connectivity index (χ1) is 8.15. The molecule has 0 unspecified atom stereocenters. The van der Waals surface area contributed by atoms with E-state index in [9.17, 15) is 4.79 Å². The van der Waals surface area contributed by atoms with E-state index in [-0.39, 0.29) is 5.91 Å². The van der Waals surface area contributed by atoms with Crippen LogP contribution in [0.3, 0.4) is 0 Å². The molecule has 1 amide bonds. The predicted molar refractivity (Wildman–Crippen MR) is 74.4 cm³/mol. The average Bonchev–Trinajstić information content (AvgIpc) is 2.35. The second-order valence-electron chi connectivity index (χ2n) is 4.18. The van der Waals surface area contributed by atoms with Gasteiger partial charge in [0.2, 0.25) is 5.91 Å². The van der Waals surface area contributed by atoms with Gasteiger partial charge in [-0.1, -0.05) is 31.5 Å². The molecule has 3 heteroatoms. The number of hydrogen-bond acceptors (Lipinski definition) is 2. The number of thioether (sulfide) groups is 1. The van der Waals surface area contributed by atoms with Crippen molar-refractivity contribution in [3.8, 4) is 0 Å². The molecule has 2 nitrogen and oxygen atoms in total. The Hall–Kier alpha value is -0.960. The van der Waals surface area contributed by atoms with E-state index >= 15 is 0 Å². The number of benzene rings is 1. The lowest BCUT2D eigenvalue weighted by Crippen LogP contribution is -2.34. The first-order valence-electron chi connectivity index (χ1n) is 6.14. The summed E-state index contributed by atoms with van der Waals surface area (Å²) in [5.41, 5.74) is 1.25. The summed E-state index contributed by atoms with van der Waals surface area (Å²) in [6.07, 6.45) is 1.99. The van der Waals surface area contributed by atoms with Gasteiger partial charge in [-0.15, -0.1) is 11.8 Å². The molecule has 1 N–H and O–H groups in total. The highest BCUT2D eigenvalue weighted by molar-refractivity contribution is 8.00. The summed E-state index contributed by atoms with van der Waals surface area (Å²) in [5, 5.41) is 3.04. The molecule has 0 spiro atoms. The number of carbonyl (C=O) groups is 1. The monoisotopic (exact) mass is 251 g/mol. The Morgan fingerprint density at radius 3 is 2.35 bits per heavy atom. The van der Waals surface area contributed by atoms with Gasteiger partial charge in [0, 0.05) is 10.9 Å². The van der Waals surface area contributed by atoms with E-state index in [1.165, 1.54) is 5.56 Å². The molecule has 1 aromatic rings. The highest BCUT2D eigenvalue weighted by Crippen LogP contribution is 2.17. The van der Waals surface area contributed by atoms with E-state index in [4.69, 9.17) is 0 Å². The maximum Gasteiger partial charge on any atom is 0.230 e. The molecule has 0 aliphatic heterocycles. The lowest BCUT2D eigenvalue weighted by molar-refractivity contribution is -0.119. The summed E-state index contributed by atoms with van der Waals surface area (Å²) < 4.78 is 0. The van der Waals surface area contributed by atoms with Crippen LogP contribution in [0.2, 0.25) is 0 Å². The van der Waals surface area contributed by atoms with Crippen molar-refractivity contribution in [1.82, 2.24) is 5.32 Å². The lowest BCUT2D eigenvalue weighted by atomic mass is 10.2. The number of amides is 1. The molecule has 0 saturated carbocycles. The minimum Gasteiger partial charge on any atom is -0.353 e. The zero-order valence-corrected chi connectivity index (χ0v) is 11.6. The Kier molecular flexibility index (Phi) is 6.12. The second-order valence-corrected chi connectivity index (χ2v) is 5.23. The zero-order chi connectivity index (χ0) is 12.7. The number of carbonyl (C=O) groups excluding carboxylic acids is 1. The molecule has 94 valence electrons. The maximum absolute atomic E-state index is 11.7. The zero-order valence-electron chi connectivity index (χ0n) is 10.8. The van der Waals surface area contributed by atoms with Crippen molar-refractivity contribution in [3.63, 3.8) is 0 Å². The van der Waals surface area contributed by atoms with Gasteiger partial charge in [-0.05, 0) is 31.9 Å². The van der Waals surface area contributed by atoms with Crippen molar-refractivity contribution in [2.24, 2.45) is 0 Å². The van der Waals surface area contributed by atoms with Gasteiger partial charge in [0.25, 0.3) is 0 Å². The fraction of sp³-hybridized carbons (Fsp3) is 0.500. The lowest BCUT2D eigenvalue weighted by Gasteiger charge is -2.14. The van der Waals surface area contributed by atoms with Crippen molar-refractivity contribution < 1.29 is 4.79 Å². The Morgan fingerprint density at radius 2 is 1.82 bits per heavy atom. The Morgan fingerprint density at radius 1 is 1.24 bits per heavy atom. The molecule has 0 aromatic heterocycles. The molecule has 0 bridgehead atoms. The molecule has 17 heavy (non-hydrogen) atoms. The van der Waals surface area contributed by atoms with Gasteiger partial charge in [-0.2, -0.15) is 0 Å². The first-order valence-corrected chi connectivity index (χ1v) is 7.13. The molecule has 0 atom stereocenters. The van der Waals surface area contributed by atoms with Crippen LogP contribution in [0.4, 0.5) is 0 Å². The summed E-state index contributed by atoms with van der Waals surface area (Å²) in [6, 6.07) is 8.58. The van der Waals surface area contributed by atoms with Crippen LogP contribution in [0.15, 0.2) is 29.2 Å². The Labute approximate surface area is 108 Å². The Bertz CT molecular complexity index is 344. The van der Waals surface area contributed by atoms with Gasteiger partial charge in [0.15, 0.2) is 0 Å². The van der Waals surface area contributed by atoms with Gasteiger partial charge in [-0.25, -0.2) is 0 Å². The molecule has 0 heterocycles. The third kappa shape index (κ3) is 5.26. The average molecular weight is 251 g/mol. The first kappa shape index (κ1) is 14.1. The van der Waals surface area contributed by atoms with E-state index in [1.54, 1.807) is 11.8 Å². The minimum absolute atomic E-state index is 0.129. The van der Waals surface area contributed by atoms with Crippen LogP contribution < -0.4 is 5.32 Å².